The summed E-state index contributed by atoms with van der Waals surface area (Å²) >= 11 is 3.04. The van der Waals surface area contributed by atoms with Gasteiger partial charge in [0.1, 0.15) is 5.69 Å². The highest BCUT2D eigenvalue weighted by atomic mass is 32.2. The number of thiazole rings is 1. The Labute approximate surface area is 206 Å². The van der Waals surface area contributed by atoms with Gasteiger partial charge in [-0.2, -0.15) is 0 Å². The van der Waals surface area contributed by atoms with E-state index in [1.54, 1.807) is 36.7 Å². The van der Waals surface area contributed by atoms with Crippen molar-refractivity contribution in [1.82, 2.24) is 30.2 Å². The fraction of sp³-hybridized carbons (Fsp3) is 0.435. The number of carbonyl (C=O) groups is 1. The van der Waals surface area contributed by atoms with Crippen molar-refractivity contribution >= 4 is 34.9 Å². The zero-order chi connectivity index (χ0) is 23.3. The first-order valence-corrected chi connectivity index (χ1v) is 13.2. The number of anilines is 1. The summed E-state index contributed by atoms with van der Waals surface area (Å²) in [6, 6.07) is 3.77. The molecule has 11 heteroatoms. The number of nitrogens with one attached hydrogen (secondary N) is 2. The lowest BCUT2D eigenvalue weighted by Crippen LogP contribution is -2.44. The third kappa shape index (κ3) is 5.83. The van der Waals surface area contributed by atoms with Crippen LogP contribution in [0.1, 0.15) is 47.7 Å². The molecule has 178 valence electrons. The van der Waals surface area contributed by atoms with Crippen LogP contribution in [-0.4, -0.2) is 62.2 Å². The first kappa shape index (κ1) is 23.0. The average Bonchev–Trinajstić information content (AvgIpc) is 3.52. The first-order valence-electron chi connectivity index (χ1n) is 11.5. The summed E-state index contributed by atoms with van der Waals surface area (Å²) in [6.07, 6.45) is 10.4. The molecule has 2 fully saturated rings. The molecule has 0 radical (unpaired) electrons. The van der Waals surface area contributed by atoms with Gasteiger partial charge in [-0.25, -0.2) is 9.97 Å². The Morgan fingerprint density at radius 1 is 1.29 bits per heavy atom. The van der Waals surface area contributed by atoms with Crippen LogP contribution in [0, 0.1) is 0 Å². The minimum absolute atomic E-state index is 0.219. The van der Waals surface area contributed by atoms with Gasteiger partial charge in [0.05, 0.1) is 35.6 Å². The number of pyridine rings is 1. The Balaban J connectivity index is 1.30. The maximum atomic E-state index is 13.1. The second kappa shape index (κ2) is 10.7. The van der Waals surface area contributed by atoms with Crippen LogP contribution in [0.3, 0.4) is 0 Å². The zero-order valence-electron chi connectivity index (χ0n) is 18.9. The van der Waals surface area contributed by atoms with Crippen LogP contribution in [0.25, 0.3) is 10.6 Å². The smallest absolute Gasteiger partial charge is 0.280 e. The van der Waals surface area contributed by atoms with Gasteiger partial charge < -0.3 is 19.7 Å². The van der Waals surface area contributed by atoms with Crippen LogP contribution in [0.5, 0.6) is 5.88 Å². The molecule has 1 aliphatic carbocycles. The summed E-state index contributed by atoms with van der Waals surface area (Å²) in [6.45, 7) is 5.21. The fourth-order valence-corrected chi connectivity index (χ4v) is 5.05. The van der Waals surface area contributed by atoms with Gasteiger partial charge in [-0.15, -0.1) is 11.3 Å². The van der Waals surface area contributed by atoms with E-state index in [1.165, 1.54) is 30.6 Å². The van der Waals surface area contributed by atoms with Crippen molar-refractivity contribution in [1.29, 1.82) is 0 Å². The monoisotopic (exact) mass is 497 g/mol. The molecule has 1 atom stereocenters. The van der Waals surface area contributed by atoms with Gasteiger partial charge in [0.15, 0.2) is 5.01 Å². The Hall–Kier alpha value is -2.76. The highest BCUT2D eigenvalue weighted by Crippen LogP contribution is 2.34. The number of aromatic nitrogens is 4. The highest BCUT2D eigenvalue weighted by Gasteiger charge is 2.26. The van der Waals surface area contributed by atoms with Crippen LogP contribution in [-0.2, 0) is 0 Å². The number of ether oxygens (including phenoxy) is 1. The van der Waals surface area contributed by atoms with Crippen molar-refractivity contribution in [3.05, 3.63) is 47.6 Å². The molecule has 3 aromatic heterocycles. The number of hydrogen-bond donors (Lipinski definition) is 2. The number of rotatable bonds is 11. The van der Waals surface area contributed by atoms with Crippen LogP contribution < -0.4 is 14.8 Å². The van der Waals surface area contributed by atoms with Gasteiger partial charge in [-0.3, -0.25) is 14.8 Å². The lowest BCUT2D eigenvalue weighted by Gasteiger charge is -2.34. The van der Waals surface area contributed by atoms with Crippen LogP contribution >= 0.6 is 23.3 Å². The van der Waals surface area contributed by atoms with E-state index in [4.69, 9.17) is 4.74 Å². The SMILES string of the molecule is CCOc1cncc(-c2cnc(C(=O)NC(CN3CCC3)c3cc(NSC4CC4)ccn3)s2)n1. The minimum Gasteiger partial charge on any atom is -0.477 e. The first-order chi connectivity index (χ1) is 16.7. The molecule has 34 heavy (non-hydrogen) atoms. The lowest BCUT2D eigenvalue weighted by molar-refractivity contribution is 0.0905. The van der Waals surface area contributed by atoms with Crippen molar-refractivity contribution in [2.45, 2.75) is 37.5 Å². The summed E-state index contributed by atoms with van der Waals surface area (Å²) in [5.74, 6) is 0.233. The third-order valence-corrected chi connectivity index (χ3v) is 7.73. The highest BCUT2D eigenvalue weighted by molar-refractivity contribution is 8.01. The molecule has 1 aliphatic heterocycles. The molecule has 0 bridgehead atoms. The minimum atomic E-state index is -0.228. The molecular weight excluding hydrogens is 470 g/mol. The predicted molar refractivity (Wildman–Crippen MR) is 134 cm³/mol. The molecular formula is C23H27N7O2S2. The molecule has 0 spiro atoms. The number of carbonyl (C=O) groups excluding carboxylic acids is 1. The maximum absolute atomic E-state index is 13.1. The molecule has 2 aliphatic rings. The fourth-order valence-electron chi connectivity index (χ4n) is 3.48. The molecule has 0 aromatic carbocycles. The van der Waals surface area contributed by atoms with Crippen molar-refractivity contribution in [2.24, 2.45) is 0 Å². The zero-order valence-corrected chi connectivity index (χ0v) is 20.6. The average molecular weight is 498 g/mol. The molecule has 4 heterocycles. The van der Waals surface area contributed by atoms with Gasteiger partial charge in [-0.05, 0) is 63.4 Å². The molecule has 1 saturated heterocycles. The van der Waals surface area contributed by atoms with E-state index < -0.39 is 0 Å². The molecule has 9 nitrogen and oxygen atoms in total. The van der Waals surface area contributed by atoms with Gasteiger partial charge in [0.2, 0.25) is 5.88 Å². The summed E-state index contributed by atoms with van der Waals surface area (Å²) in [4.78, 5) is 33.8. The topological polar surface area (TPSA) is 105 Å². The van der Waals surface area contributed by atoms with Crippen molar-refractivity contribution in [3.63, 3.8) is 0 Å². The number of nitrogens with zero attached hydrogens (tertiary/aromatic N) is 5. The normalized spacial score (nSPS) is 16.5. The van der Waals surface area contributed by atoms with Crippen molar-refractivity contribution in [3.8, 4) is 16.5 Å². The van der Waals surface area contributed by atoms with E-state index >= 15 is 0 Å². The molecule has 2 N–H and O–H groups in total. The Morgan fingerprint density at radius 3 is 2.94 bits per heavy atom. The van der Waals surface area contributed by atoms with E-state index in [0.29, 0.717) is 28.4 Å². The van der Waals surface area contributed by atoms with Crippen LogP contribution in [0.15, 0.2) is 36.9 Å². The molecule has 5 rings (SSSR count). The van der Waals surface area contributed by atoms with Gasteiger partial charge in [0, 0.05) is 29.9 Å². The van der Waals surface area contributed by atoms with E-state index in [-0.39, 0.29) is 11.9 Å². The largest absolute Gasteiger partial charge is 0.477 e. The maximum Gasteiger partial charge on any atom is 0.280 e. The summed E-state index contributed by atoms with van der Waals surface area (Å²) in [5.41, 5.74) is 2.48. The van der Waals surface area contributed by atoms with Gasteiger partial charge in [0.25, 0.3) is 5.91 Å². The summed E-state index contributed by atoms with van der Waals surface area (Å²) < 4.78 is 8.85. The molecule has 1 amide bonds. The van der Waals surface area contributed by atoms with Crippen molar-refractivity contribution < 1.29 is 9.53 Å². The summed E-state index contributed by atoms with van der Waals surface area (Å²) in [5, 5.41) is 4.24. The van der Waals surface area contributed by atoms with Crippen LogP contribution in [0.2, 0.25) is 0 Å². The van der Waals surface area contributed by atoms with Gasteiger partial charge >= 0.3 is 0 Å². The Bertz CT molecular complexity index is 1130. The molecule has 3 aromatic rings. The number of hydrogen-bond acceptors (Lipinski definition) is 10. The van der Waals surface area contributed by atoms with Crippen molar-refractivity contribution in [2.75, 3.05) is 31.0 Å². The van der Waals surface area contributed by atoms with Gasteiger partial charge in [-0.1, -0.05) is 0 Å². The second-order valence-electron chi connectivity index (χ2n) is 8.27. The lowest BCUT2D eigenvalue weighted by atomic mass is 10.1. The third-order valence-electron chi connectivity index (χ3n) is 5.56. The molecule has 1 saturated carbocycles. The van der Waals surface area contributed by atoms with E-state index in [2.05, 4.69) is 34.9 Å². The standard InChI is InChI=1S/C23H27N7O2S2/c1-2-32-21-13-24-11-18(27-21)20-12-26-23(33-20)22(31)28-19(14-30-8-3-9-30)17-10-15(6-7-25-17)29-34-16-4-5-16/h6-7,10-13,16,19H,2-5,8-9,14H2,1H3,(H,25,29)(H,28,31). The number of amides is 1. The van der Waals surface area contributed by atoms with Crippen LogP contribution in [0.4, 0.5) is 5.69 Å². The Morgan fingerprint density at radius 2 is 2.18 bits per heavy atom. The quantitative estimate of drug-likeness (QED) is 0.383. The Kier molecular flexibility index (Phi) is 7.21. The second-order valence-corrected chi connectivity index (χ2v) is 10.4. The molecule has 1 unspecified atom stereocenters. The van der Waals surface area contributed by atoms with E-state index in [0.717, 1.165) is 35.9 Å². The summed E-state index contributed by atoms with van der Waals surface area (Å²) in [7, 11) is 0. The number of likely N-dealkylation sites (tertiary alicyclic amines) is 1. The van der Waals surface area contributed by atoms with E-state index in [1.807, 2.05) is 19.1 Å². The predicted octanol–water partition coefficient (Wildman–Crippen LogP) is 3.79. The van der Waals surface area contributed by atoms with E-state index in [9.17, 15) is 4.79 Å².